The first-order valence-corrected chi connectivity index (χ1v) is 5.83. The molecule has 0 saturated heterocycles. The third-order valence-electron chi connectivity index (χ3n) is 3.39. The summed E-state index contributed by atoms with van der Waals surface area (Å²) < 4.78 is 0. The van der Waals surface area contributed by atoms with E-state index in [9.17, 15) is 0 Å². The molecule has 0 amide bonds. The van der Waals surface area contributed by atoms with E-state index >= 15 is 0 Å². The lowest BCUT2D eigenvalue weighted by Crippen LogP contribution is -2.22. The molecule has 0 aromatic rings. The van der Waals surface area contributed by atoms with Crippen molar-refractivity contribution in [2.24, 2.45) is 11.3 Å². The third kappa shape index (κ3) is 3.45. The van der Waals surface area contributed by atoms with Crippen molar-refractivity contribution in [2.75, 3.05) is 6.61 Å². The van der Waals surface area contributed by atoms with Gasteiger partial charge in [-0.1, -0.05) is 32.4 Å². The van der Waals surface area contributed by atoms with Gasteiger partial charge in [0.2, 0.25) is 0 Å². The van der Waals surface area contributed by atoms with E-state index in [1.165, 1.54) is 19.3 Å². The number of hydrogen-bond acceptors (Lipinski definition) is 1. The Morgan fingerprint density at radius 2 is 2.14 bits per heavy atom. The predicted octanol–water partition coefficient (Wildman–Crippen LogP) is 3.53. The second-order valence-corrected chi connectivity index (χ2v) is 5.53. The Hall–Kier alpha value is -0.300. The van der Waals surface area contributed by atoms with Crippen LogP contribution in [0.3, 0.4) is 0 Å². The van der Waals surface area contributed by atoms with Crippen LogP contribution in [-0.2, 0) is 0 Å². The highest BCUT2D eigenvalue weighted by Crippen LogP contribution is 2.37. The average Bonchev–Trinajstić information content (AvgIpc) is 2.14. The molecule has 82 valence electrons. The summed E-state index contributed by atoms with van der Waals surface area (Å²) in [5.41, 5.74) is 2.03. The standard InChI is InChI=1S/C13H24O/c1-13(2,3)12-8-6-11(7-9-12)5-4-10-14/h6,12,14H,4-5,7-10H2,1-3H3. The lowest BCUT2D eigenvalue weighted by atomic mass is 9.73. The molecule has 0 aromatic heterocycles. The van der Waals surface area contributed by atoms with Crippen molar-refractivity contribution in [1.29, 1.82) is 0 Å². The highest BCUT2D eigenvalue weighted by atomic mass is 16.2. The van der Waals surface area contributed by atoms with Crippen molar-refractivity contribution in [3.8, 4) is 0 Å². The summed E-state index contributed by atoms with van der Waals surface area (Å²) in [6.07, 6.45) is 8.28. The maximum absolute atomic E-state index is 8.75. The molecule has 1 heteroatoms. The highest BCUT2D eigenvalue weighted by Gasteiger charge is 2.25. The minimum absolute atomic E-state index is 0.333. The molecule has 1 unspecified atom stereocenters. The monoisotopic (exact) mass is 196 g/mol. The van der Waals surface area contributed by atoms with E-state index in [4.69, 9.17) is 5.11 Å². The number of hydrogen-bond donors (Lipinski definition) is 1. The van der Waals surface area contributed by atoms with Gasteiger partial charge in [0, 0.05) is 6.61 Å². The molecule has 1 N–H and O–H groups in total. The van der Waals surface area contributed by atoms with Gasteiger partial charge in [-0.3, -0.25) is 0 Å². The number of aliphatic hydroxyl groups excluding tert-OH is 1. The van der Waals surface area contributed by atoms with Crippen LogP contribution in [-0.4, -0.2) is 11.7 Å². The molecule has 1 nitrogen and oxygen atoms in total. The van der Waals surface area contributed by atoms with Crippen molar-refractivity contribution < 1.29 is 5.11 Å². The molecule has 0 aromatic carbocycles. The van der Waals surface area contributed by atoms with E-state index in [-0.39, 0.29) is 0 Å². The minimum atomic E-state index is 0.333. The van der Waals surface area contributed by atoms with Gasteiger partial charge in [0.25, 0.3) is 0 Å². The van der Waals surface area contributed by atoms with Crippen molar-refractivity contribution in [2.45, 2.75) is 52.9 Å². The Kier molecular flexibility index (Phi) is 4.18. The molecule has 0 bridgehead atoms. The van der Waals surface area contributed by atoms with Gasteiger partial charge in [0.1, 0.15) is 0 Å². The fourth-order valence-corrected chi connectivity index (χ4v) is 2.21. The van der Waals surface area contributed by atoms with E-state index in [2.05, 4.69) is 26.8 Å². The first kappa shape index (κ1) is 11.8. The Morgan fingerprint density at radius 1 is 1.43 bits per heavy atom. The van der Waals surface area contributed by atoms with Gasteiger partial charge in [-0.05, 0) is 43.4 Å². The average molecular weight is 196 g/mol. The van der Waals surface area contributed by atoms with Gasteiger partial charge < -0.3 is 5.11 Å². The van der Waals surface area contributed by atoms with Gasteiger partial charge in [-0.2, -0.15) is 0 Å². The first-order chi connectivity index (χ1) is 6.54. The van der Waals surface area contributed by atoms with Crippen LogP contribution in [0.4, 0.5) is 0 Å². The third-order valence-corrected chi connectivity index (χ3v) is 3.39. The normalized spacial score (nSPS) is 23.4. The van der Waals surface area contributed by atoms with Crippen LogP contribution in [0.1, 0.15) is 52.9 Å². The maximum atomic E-state index is 8.75. The fraction of sp³-hybridized carbons (Fsp3) is 0.846. The molecule has 0 aliphatic heterocycles. The quantitative estimate of drug-likeness (QED) is 0.685. The second kappa shape index (κ2) is 4.97. The lowest BCUT2D eigenvalue weighted by Gasteiger charge is -2.33. The van der Waals surface area contributed by atoms with Crippen LogP contribution >= 0.6 is 0 Å². The van der Waals surface area contributed by atoms with E-state index < -0.39 is 0 Å². The van der Waals surface area contributed by atoms with Crippen LogP contribution in [0.15, 0.2) is 11.6 Å². The molecule has 1 aliphatic rings. The van der Waals surface area contributed by atoms with Gasteiger partial charge in [-0.25, -0.2) is 0 Å². The Labute approximate surface area is 88.2 Å². The largest absolute Gasteiger partial charge is 0.396 e. The maximum Gasteiger partial charge on any atom is 0.0434 e. The number of aliphatic hydroxyl groups is 1. The molecule has 0 heterocycles. The van der Waals surface area contributed by atoms with Crippen LogP contribution in [0.2, 0.25) is 0 Å². The van der Waals surface area contributed by atoms with Gasteiger partial charge >= 0.3 is 0 Å². The number of rotatable bonds is 3. The van der Waals surface area contributed by atoms with E-state index in [1.54, 1.807) is 5.57 Å². The Bertz CT molecular complexity index is 198. The molecular weight excluding hydrogens is 172 g/mol. The summed E-state index contributed by atoms with van der Waals surface area (Å²) in [6, 6.07) is 0. The zero-order valence-electron chi connectivity index (χ0n) is 9.84. The molecule has 1 rings (SSSR count). The van der Waals surface area contributed by atoms with E-state index in [0.29, 0.717) is 12.0 Å². The minimum Gasteiger partial charge on any atom is -0.396 e. The topological polar surface area (TPSA) is 20.2 Å². The van der Waals surface area contributed by atoms with Crippen LogP contribution < -0.4 is 0 Å². The smallest absolute Gasteiger partial charge is 0.0434 e. The summed E-state index contributed by atoms with van der Waals surface area (Å²) in [5, 5.41) is 8.75. The molecular formula is C13H24O. The molecule has 0 saturated carbocycles. The first-order valence-electron chi connectivity index (χ1n) is 5.83. The van der Waals surface area contributed by atoms with Crippen molar-refractivity contribution in [3.63, 3.8) is 0 Å². The summed E-state index contributed by atoms with van der Waals surface area (Å²) in [5.74, 6) is 0.848. The molecule has 14 heavy (non-hydrogen) atoms. The number of allylic oxidation sites excluding steroid dienone is 2. The van der Waals surface area contributed by atoms with Gasteiger partial charge in [-0.15, -0.1) is 0 Å². The molecule has 1 atom stereocenters. The fourth-order valence-electron chi connectivity index (χ4n) is 2.21. The highest BCUT2D eigenvalue weighted by molar-refractivity contribution is 5.07. The van der Waals surface area contributed by atoms with E-state index in [1.807, 2.05) is 0 Å². The van der Waals surface area contributed by atoms with Crippen LogP contribution in [0.25, 0.3) is 0 Å². The van der Waals surface area contributed by atoms with E-state index in [0.717, 1.165) is 18.8 Å². The zero-order chi connectivity index (χ0) is 10.6. The SMILES string of the molecule is CC(C)(C)C1CC=C(CCCO)CC1. The molecule has 0 radical (unpaired) electrons. The summed E-state index contributed by atoms with van der Waals surface area (Å²) in [7, 11) is 0. The molecule has 0 fully saturated rings. The van der Waals surface area contributed by atoms with Gasteiger partial charge in [0.05, 0.1) is 0 Å². The van der Waals surface area contributed by atoms with Crippen molar-refractivity contribution >= 4 is 0 Å². The summed E-state index contributed by atoms with van der Waals surface area (Å²) in [4.78, 5) is 0. The summed E-state index contributed by atoms with van der Waals surface area (Å²) in [6.45, 7) is 7.35. The second-order valence-electron chi connectivity index (χ2n) is 5.53. The summed E-state index contributed by atoms with van der Waals surface area (Å²) >= 11 is 0. The zero-order valence-corrected chi connectivity index (χ0v) is 9.84. The van der Waals surface area contributed by atoms with Crippen molar-refractivity contribution in [1.82, 2.24) is 0 Å². The Balaban J connectivity index is 2.39. The Morgan fingerprint density at radius 3 is 2.57 bits per heavy atom. The van der Waals surface area contributed by atoms with Crippen LogP contribution in [0.5, 0.6) is 0 Å². The van der Waals surface area contributed by atoms with Crippen molar-refractivity contribution in [3.05, 3.63) is 11.6 Å². The predicted molar refractivity (Wildman–Crippen MR) is 61.2 cm³/mol. The van der Waals surface area contributed by atoms with Crippen LogP contribution in [0, 0.1) is 11.3 Å². The van der Waals surface area contributed by atoms with Gasteiger partial charge in [0.15, 0.2) is 0 Å². The molecule has 1 aliphatic carbocycles. The lowest BCUT2D eigenvalue weighted by molar-refractivity contribution is 0.219. The molecule has 0 spiro atoms.